The molecule has 1 aromatic heterocycles. The summed E-state index contributed by atoms with van der Waals surface area (Å²) >= 11 is 3.61. The van der Waals surface area contributed by atoms with Gasteiger partial charge in [-0.25, -0.2) is 0 Å². The molecule has 0 aliphatic rings. The average Bonchev–Trinajstić information content (AvgIpc) is 2.95. The van der Waals surface area contributed by atoms with Crippen LogP contribution in [0.1, 0.15) is 12.5 Å². The molecule has 2 nitrogen and oxygen atoms in total. The van der Waals surface area contributed by atoms with Crippen LogP contribution in [0.4, 0.5) is 5.69 Å². The van der Waals surface area contributed by atoms with Gasteiger partial charge in [0.2, 0.25) is 0 Å². The SMILES string of the molecule is CCn1ccc(CNc2ccc(Br)c3ccccc23)c1. The summed E-state index contributed by atoms with van der Waals surface area (Å²) < 4.78 is 3.33. The van der Waals surface area contributed by atoms with Gasteiger partial charge in [0, 0.05) is 41.0 Å². The van der Waals surface area contributed by atoms with Crippen molar-refractivity contribution in [3.05, 3.63) is 64.9 Å². The molecule has 20 heavy (non-hydrogen) atoms. The molecule has 2 aromatic carbocycles. The Bertz CT molecular complexity index is 731. The molecule has 0 unspecified atom stereocenters. The first kappa shape index (κ1) is 13.3. The van der Waals surface area contributed by atoms with E-state index in [-0.39, 0.29) is 0 Å². The van der Waals surface area contributed by atoms with Crippen molar-refractivity contribution in [2.45, 2.75) is 20.0 Å². The zero-order valence-electron chi connectivity index (χ0n) is 11.4. The van der Waals surface area contributed by atoms with E-state index in [0.29, 0.717) is 0 Å². The molecule has 0 spiro atoms. The van der Waals surface area contributed by atoms with Crippen LogP contribution in [0.3, 0.4) is 0 Å². The van der Waals surface area contributed by atoms with Crippen LogP contribution in [0.2, 0.25) is 0 Å². The molecule has 0 fully saturated rings. The normalized spacial score (nSPS) is 10.9. The fourth-order valence-electron chi connectivity index (χ4n) is 2.41. The molecule has 3 rings (SSSR count). The average molecular weight is 329 g/mol. The summed E-state index contributed by atoms with van der Waals surface area (Å²) in [6.07, 6.45) is 4.31. The van der Waals surface area contributed by atoms with Gasteiger partial charge >= 0.3 is 0 Å². The molecule has 1 N–H and O–H groups in total. The number of benzene rings is 2. The van der Waals surface area contributed by atoms with Gasteiger partial charge in [0.25, 0.3) is 0 Å². The van der Waals surface area contributed by atoms with E-state index in [4.69, 9.17) is 0 Å². The molecule has 0 saturated carbocycles. The molecule has 3 aromatic rings. The van der Waals surface area contributed by atoms with Crippen molar-refractivity contribution in [1.29, 1.82) is 0 Å². The van der Waals surface area contributed by atoms with Crippen LogP contribution in [0.15, 0.2) is 59.3 Å². The number of aryl methyl sites for hydroxylation is 1. The van der Waals surface area contributed by atoms with Gasteiger partial charge < -0.3 is 9.88 Å². The van der Waals surface area contributed by atoms with Crippen LogP contribution in [-0.2, 0) is 13.1 Å². The Morgan fingerprint density at radius 1 is 1.05 bits per heavy atom. The molecule has 0 bridgehead atoms. The maximum Gasteiger partial charge on any atom is 0.0423 e. The lowest BCUT2D eigenvalue weighted by atomic mass is 10.1. The second kappa shape index (κ2) is 5.71. The molecule has 0 aliphatic heterocycles. The van der Waals surface area contributed by atoms with Crippen molar-refractivity contribution in [2.24, 2.45) is 0 Å². The molecule has 0 atom stereocenters. The second-order valence-electron chi connectivity index (χ2n) is 4.84. The first-order chi connectivity index (χ1) is 9.78. The van der Waals surface area contributed by atoms with Gasteiger partial charge in [-0.05, 0) is 36.1 Å². The maximum atomic E-state index is 3.61. The summed E-state index contributed by atoms with van der Waals surface area (Å²) in [5.41, 5.74) is 2.48. The largest absolute Gasteiger partial charge is 0.380 e. The number of aromatic nitrogens is 1. The summed E-state index contributed by atoms with van der Waals surface area (Å²) in [5, 5.41) is 6.02. The monoisotopic (exact) mass is 328 g/mol. The topological polar surface area (TPSA) is 17.0 Å². The third-order valence-corrected chi connectivity index (χ3v) is 4.22. The lowest BCUT2D eigenvalue weighted by Crippen LogP contribution is -1.99. The van der Waals surface area contributed by atoms with Gasteiger partial charge in [0.1, 0.15) is 0 Å². The number of halogens is 1. The quantitative estimate of drug-likeness (QED) is 0.710. The Labute approximate surface area is 127 Å². The highest BCUT2D eigenvalue weighted by Gasteiger charge is 2.04. The highest BCUT2D eigenvalue weighted by atomic mass is 79.9. The Morgan fingerprint density at radius 2 is 1.85 bits per heavy atom. The van der Waals surface area contributed by atoms with Crippen molar-refractivity contribution in [3.8, 4) is 0 Å². The minimum Gasteiger partial charge on any atom is -0.380 e. The van der Waals surface area contributed by atoms with E-state index < -0.39 is 0 Å². The smallest absolute Gasteiger partial charge is 0.0423 e. The molecule has 0 radical (unpaired) electrons. The van der Waals surface area contributed by atoms with Gasteiger partial charge in [0.05, 0.1) is 0 Å². The number of hydrogen-bond donors (Lipinski definition) is 1. The fraction of sp³-hybridized carbons (Fsp3) is 0.176. The van der Waals surface area contributed by atoms with E-state index in [9.17, 15) is 0 Å². The van der Waals surface area contributed by atoms with E-state index in [1.54, 1.807) is 0 Å². The van der Waals surface area contributed by atoms with Crippen LogP contribution >= 0.6 is 15.9 Å². The summed E-state index contributed by atoms with van der Waals surface area (Å²) in [7, 11) is 0. The predicted octanol–water partition coefficient (Wildman–Crippen LogP) is 5.04. The lowest BCUT2D eigenvalue weighted by molar-refractivity contribution is 0.766. The maximum absolute atomic E-state index is 3.61. The molecule has 3 heteroatoms. The third kappa shape index (κ3) is 2.59. The number of rotatable bonds is 4. The second-order valence-corrected chi connectivity index (χ2v) is 5.70. The zero-order chi connectivity index (χ0) is 13.9. The molecule has 0 amide bonds. The molecule has 0 saturated heterocycles. The van der Waals surface area contributed by atoms with Crippen LogP contribution in [0.5, 0.6) is 0 Å². The summed E-state index contributed by atoms with van der Waals surface area (Å²) in [4.78, 5) is 0. The third-order valence-electron chi connectivity index (χ3n) is 3.53. The predicted molar refractivity (Wildman–Crippen MR) is 89.1 cm³/mol. The summed E-state index contributed by atoms with van der Waals surface area (Å²) in [6, 6.07) is 14.8. The van der Waals surface area contributed by atoms with Gasteiger partial charge in [0.15, 0.2) is 0 Å². The number of hydrogen-bond acceptors (Lipinski definition) is 1. The standard InChI is InChI=1S/C17H17BrN2/c1-2-20-10-9-13(12-20)11-19-17-8-7-16(18)14-5-3-4-6-15(14)17/h3-10,12,19H,2,11H2,1H3. The van der Waals surface area contributed by atoms with Crippen molar-refractivity contribution in [1.82, 2.24) is 4.57 Å². The number of nitrogens with one attached hydrogen (secondary N) is 1. The molecule has 102 valence electrons. The van der Waals surface area contributed by atoms with Crippen LogP contribution < -0.4 is 5.32 Å². The lowest BCUT2D eigenvalue weighted by Gasteiger charge is -2.10. The van der Waals surface area contributed by atoms with Gasteiger partial charge in [-0.15, -0.1) is 0 Å². The Hall–Kier alpha value is -1.74. The zero-order valence-corrected chi connectivity index (χ0v) is 13.0. The van der Waals surface area contributed by atoms with E-state index in [2.05, 4.69) is 87.6 Å². The van der Waals surface area contributed by atoms with Gasteiger partial charge in [-0.3, -0.25) is 0 Å². The Balaban J connectivity index is 1.86. The molecule has 1 heterocycles. The van der Waals surface area contributed by atoms with Crippen LogP contribution in [-0.4, -0.2) is 4.57 Å². The van der Waals surface area contributed by atoms with E-state index in [0.717, 1.165) is 17.6 Å². The van der Waals surface area contributed by atoms with Crippen LogP contribution in [0, 0.1) is 0 Å². The number of nitrogens with zero attached hydrogens (tertiary/aromatic N) is 1. The minimum absolute atomic E-state index is 0.846. The minimum atomic E-state index is 0.846. The van der Waals surface area contributed by atoms with Crippen LogP contribution in [0.25, 0.3) is 10.8 Å². The van der Waals surface area contributed by atoms with Crippen molar-refractivity contribution >= 4 is 32.4 Å². The van der Waals surface area contributed by atoms with Gasteiger partial charge in [-0.1, -0.05) is 40.2 Å². The van der Waals surface area contributed by atoms with E-state index in [1.165, 1.54) is 22.0 Å². The van der Waals surface area contributed by atoms with E-state index >= 15 is 0 Å². The fourth-order valence-corrected chi connectivity index (χ4v) is 2.88. The Kier molecular flexibility index (Phi) is 3.79. The molecular weight excluding hydrogens is 312 g/mol. The first-order valence-corrected chi connectivity index (χ1v) is 7.63. The van der Waals surface area contributed by atoms with Crippen molar-refractivity contribution in [2.75, 3.05) is 5.32 Å². The van der Waals surface area contributed by atoms with Crippen molar-refractivity contribution < 1.29 is 0 Å². The summed E-state index contributed by atoms with van der Waals surface area (Å²) in [5.74, 6) is 0. The van der Waals surface area contributed by atoms with Gasteiger partial charge in [-0.2, -0.15) is 0 Å². The number of fused-ring (bicyclic) bond motifs is 1. The first-order valence-electron chi connectivity index (χ1n) is 6.83. The van der Waals surface area contributed by atoms with Crippen molar-refractivity contribution in [3.63, 3.8) is 0 Å². The Morgan fingerprint density at radius 3 is 2.60 bits per heavy atom. The summed E-state index contributed by atoms with van der Waals surface area (Å²) in [6.45, 7) is 4.01. The highest BCUT2D eigenvalue weighted by molar-refractivity contribution is 9.10. The molecule has 0 aliphatic carbocycles. The number of anilines is 1. The molecular formula is C17H17BrN2. The highest BCUT2D eigenvalue weighted by Crippen LogP contribution is 2.30. The van der Waals surface area contributed by atoms with E-state index in [1.807, 2.05) is 0 Å².